The van der Waals surface area contributed by atoms with Gasteiger partial charge in [0.1, 0.15) is 6.10 Å². The number of nitrogens with zero attached hydrogens (tertiary/aromatic N) is 2. The van der Waals surface area contributed by atoms with Gasteiger partial charge in [0.25, 0.3) is 0 Å². The normalized spacial score (nSPS) is 20.2. The molecule has 0 radical (unpaired) electrons. The van der Waals surface area contributed by atoms with E-state index in [2.05, 4.69) is 14.7 Å². The third kappa shape index (κ3) is 4.50. The topological polar surface area (TPSA) is 81.2 Å². The first kappa shape index (κ1) is 20.7. The first-order valence-corrected chi connectivity index (χ1v) is 10.9. The van der Waals surface area contributed by atoms with Crippen LogP contribution >= 0.6 is 0 Å². The van der Waals surface area contributed by atoms with Crippen LogP contribution in [0.4, 0.5) is 4.39 Å². The fourth-order valence-electron chi connectivity index (χ4n) is 3.67. The zero-order chi connectivity index (χ0) is 20.5. The molecule has 3 rings (SSSR count). The standard InChI is InChI=1S/C20H26FN3O3S/c1-12-9-13(2)15(4)19(14(12)3)28(25,26)24-17-5-7-18(8-6-17)27-20-22-10-16(21)11-23-20/h9-11,17-18,24H,5-8H2,1-4H3. The van der Waals surface area contributed by atoms with E-state index < -0.39 is 15.8 Å². The highest BCUT2D eigenvalue weighted by molar-refractivity contribution is 7.89. The molecule has 0 atom stereocenters. The van der Waals surface area contributed by atoms with Crippen LogP contribution in [-0.4, -0.2) is 30.5 Å². The lowest BCUT2D eigenvalue weighted by molar-refractivity contribution is 0.132. The highest BCUT2D eigenvalue weighted by Crippen LogP contribution is 2.28. The van der Waals surface area contributed by atoms with Crippen LogP contribution in [0.2, 0.25) is 0 Å². The maximum atomic E-state index is 13.1. The predicted octanol–water partition coefficient (Wildman–Crippen LogP) is 3.52. The van der Waals surface area contributed by atoms with Crippen LogP contribution < -0.4 is 9.46 Å². The minimum atomic E-state index is -3.60. The van der Waals surface area contributed by atoms with Gasteiger partial charge < -0.3 is 4.74 Å². The van der Waals surface area contributed by atoms with Gasteiger partial charge in [0, 0.05) is 6.04 Å². The average Bonchev–Trinajstić information content (AvgIpc) is 2.63. The van der Waals surface area contributed by atoms with Gasteiger partial charge in [-0.05, 0) is 75.6 Å². The molecule has 0 amide bonds. The summed E-state index contributed by atoms with van der Waals surface area (Å²) in [6.45, 7) is 7.56. The molecule has 8 heteroatoms. The van der Waals surface area contributed by atoms with Gasteiger partial charge in [-0.1, -0.05) is 6.07 Å². The monoisotopic (exact) mass is 407 g/mol. The summed E-state index contributed by atoms with van der Waals surface area (Å²) in [5.41, 5.74) is 3.53. The number of nitrogens with one attached hydrogen (secondary N) is 1. The van der Waals surface area contributed by atoms with E-state index in [9.17, 15) is 12.8 Å². The van der Waals surface area contributed by atoms with Gasteiger partial charge in [-0.3, -0.25) is 0 Å². The number of hydrogen-bond donors (Lipinski definition) is 1. The molecule has 1 saturated carbocycles. The number of benzene rings is 1. The van der Waals surface area contributed by atoms with E-state index in [1.807, 2.05) is 33.8 Å². The molecule has 1 N–H and O–H groups in total. The molecule has 0 spiro atoms. The minimum absolute atomic E-state index is 0.101. The zero-order valence-corrected chi connectivity index (χ0v) is 17.4. The molecule has 0 aliphatic heterocycles. The van der Waals surface area contributed by atoms with Crippen LogP contribution in [0.15, 0.2) is 23.4 Å². The van der Waals surface area contributed by atoms with Crippen molar-refractivity contribution in [2.24, 2.45) is 0 Å². The average molecular weight is 408 g/mol. The molecule has 0 bridgehead atoms. The van der Waals surface area contributed by atoms with Crippen molar-refractivity contribution >= 4 is 10.0 Å². The highest BCUT2D eigenvalue weighted by atomic mass is 32.2. The summed E-state index contributed by atoms with van der Waals surface area (Å²) in [5.74, 6) is -0.512. The van der Waals surface area contributed by atoms with E-state index in [0.29, 0.717) is 30.6 Å². The fourth-order valence-corrected chi connectivity index (χ4v) is 5.59. The van der Waals surface area contributed by atoms with Crippen molar-refractivity contribution in [2.75, 3.05) is 0 Å². The Balaban J connectivity index is 1.65. The number of halogens is 1. The van der Waals surface area contributed by atoms with Gasteiger partial charge in [-0.15, -0.1) is 0 Å². The predicted molar refractivity (Wildman–Crippen MR) is 104 cm³/mol. The Labute approximate surface area is 165 Å². The Morgan fingerprint density at radius 1 is 1.00 bits per heavy atom. The van der Waals surface area contributed by atoms with Gasteiger partial charge in [0.15, 0.2) is 5.82 Å². The third-order valence-corrected chi connectivity index (χ3v) is 7.22. The molecule has 2 aromatic rings. The van der Waals surface area contributed by atoms with Crippen LogP contribution in [-0.2, 0) is 10.0 Å². The molecule has 6 nitrogen and oxygen atoms in total. The Morgan fingerprint density at radius 2 is 1.54 bits per heavy atom. The van der Waals surface area contributed by atoms with Crippen molar-refractivity contribution in [1.29, 1.82) is 0 Å². The molecule has 1 aliphatic rings. The van der Waals surface area contributed by atoms with Crippen LogP contribution in [0.3, 0.4) is 0 Å². The lowest BCUT2D eigenvalue weighted by Gasteiger charge is -2.29. The molecule has 1 fully saturated rings. The number of hydrogen-bond acceptors (Lipinski definition) is 5. The van der Waals surface area contributed by atoms with Crippen molar-refractivity contribution in [3.05, 3.63) is 46.5 Å². The first-order valence-electron chi connectivity index (χ1n) is 9.41. The largest absolute Gasteiger partial charge is 0.460 e. The summed E-state index contributed by atoms with van der Waals surface area (Å²) in [7, 11) is -3.60. The minimum Gasteiger partial charge on any atom is -0.460 e. The van der Waals surface area contributed by atoms with E-state index in [1.54, 1.807) is 0 Å². The van der Waals surface area contributed by atoms with Gasteiger partial charge in [-0.2, -0.15) is 0 Å². The Bertz CT molecular complexity index is 927. The third-order valence-electron chi connectivity index (χ3n) is 5.43. The number of sulfonamides is 1. The Kier molecular flexibility index (Phi) is 6.00. The fraction of sp³-hybridized carbons (Fsp3) is 0.500. The van der Waals surface area contributed by atoms with Crippen LogP contribution in [0.25, 0.3) is 0 Å². The molecular formula is C20H26FN3O3S. The second-order valence-electron chi connectivity index (χ2n) is 7.49. The summed E-state index contributed by atoms with van der Waals surface area (Å²) in [4.78, 5) is 8.00. The Hall–Kier alpha value is -2.06. The molecule has 28 heavy (non-hydrogen) atoms. The van der Waals surface area contributed by atoms with Gasteiger partial charge in [0.05, 0.1) is 17.3 Å². The summed E-state index contributed by atoms with van der Waals surface area (Å²) in [5, 5.41) is 0. The highest BCUT2D eigenvalue weighted by Gasteiger charge is 2.29. The lowest BCUT2D eigenvalue weighted by Crippen LogP contribution is -2.40. The molecule has 1 aromatic heterocycles. The van der Waals surface area contributed by atoms with E-state index in [4.69, 9.17) is 4.74 Å². The molecule has 1 aromatic carbocycles. The second kappa shape index (κ2) is 8.13. The molecule has 1 aliphatic carbocycles. The van der Waals surface area contributed by atoms with E-state index >= 15 is 0 Å². The zero-order valence-electron chi connectivity index (χ0n) is 16.6. The summed E-state index contributed by atoms with van der Waals surface area (Å²) >= 11 is 0. The van der Waals surface area contributed by atoms with E-state index in [1.165, 1.54) is 0 Å². The maximum absolute atomic E-state index is 13.1. The van der Waals surface area contributed by atoms with Crippen molar-refractivity contribution in [1.82, 2.24) is 14.7 Å². The van der Waals surface area contributed by atoms with Crippen LogP contribution in [0.5, 0.6) is 6.01 Å². The number of aromatic nitrogens is 2. The summed E-state index contributed by atoms with van der Waals surface area (Å²) in [6.07, 6.45) is 4.71. The Morgan fingerprint density at radius 3 is 2.07 bits per heavy atom. The first-order chi connectivity index (χ1) is 13.2. The van der Waals surface area contributed by atoms with Crippen molar-refractivity contribution in [2.45, 2.75) is 70.4 Å². The van der Waals surface area contributed by atoms with Gasteiger partial charge in [0.2, 0.25) is 10.0 Å². The number of ether oxygens (including phenoxy) is 1. The molecule has 0 unspecified atom stereocenters. The summed E-state index contributed by atoms with van der Waals surface area (Å²) < 4.78 is 47.5. The van der Waals surface area contributed by atoms with E-state index in [0.717, 1.165) is 34.6 Å². The quantitative estimate of drug-likeness (QED) is 0.820. The van der Waals surface area contributed by atoms with Gasteiger partial charge >= 0.3 is 6.01 Å². The molecule has 1 heterocycles. The molecular weight excluding hydrogens is 381 g/mol. The van der Waals surface area contributed by atoms with Crippen molar-refractivity contribution in [3.63, 3.8) is 0 Å². The van der Waals surface area contributed by atoms with Crippen molar-refractivity contribution in [3.8, 4) is 6.01 Å². The SMILES string of the molecule is Cc1cc(C)c(C)c(S(=O)(=O)NC2CCC(Oc3ncc(F)cn3)CC2)c1C. The molecule has 152 valence electrons. The summed E-state index contributed by atoms with van der Waals surface area (Å²) in [6, 6.07) is 2.02. The molecule has 0 saturated heterocycles. The maximum Gasteiger partial charge on any atom is 0.316 e. The van der Waals surface area contributed by atoms with Gasteiger partial charge in [-0.25, -0.2) is 27.5 Å². The lowest BCUT2D eigenvalue weighted by atomic mass is 9.94. The van der Waals surface area contributed by atoms with Crippen molar-refractivity contribution < 1.29 is 17.5 Å². The second-order valence-corrected chi connectivity index (χ2v) is 9.14. The number of aryl methyl sites for hydroxylation is 2. The van der Waals surface area contributed by atoms with E-state index in [-0.39, 0.29) is 18.2 Å². The van der Waals surface area contributed by atoms with Crippen LogP contribution in [0.1, 0.15) is 47.9 Å². The number of rotatable bonds is 5. The van der Waals surface area contributed by atoms with Crippen LogP contribution in [0, 0.1) is 33.5 Å². The smallest absolute Gasteiger partial charge is 0.316 e.